The van der Waals surface area contributed by atoms with Crippen LogP contribution in [0.2, 0.25) is 0 Å². The lowest BCUT2D eigenvalue weighted by atomic mass is 9.76. The van der Waals surface area contributed by atoms with Crippen LogP contribution in [0.3, 0.4) is 0 Å². The molecule has 0 radical (unpaired) electrons. The van der Waals surface area contributed by atoms with E-state index in [-0.39, 0.29) is 17.8 Å². The Morgan fingerprint density at radius 2 is 1.84 bits per heavy atom. The van der Waals surface area contributed by atoms with Gasteiger partial charge in [-0.25, -0.2) is 4.98 Å². The van der Waals surface area contributed by atoms with E-state index in [2.05, 4.69) is 53.3 Å². The van der Waals surface area contributed by atoms with Gasteiger partial charge in [-0.05, 0) is 55.7 Å². The Bertz CT molecular complexity index is 970. The molecule has 3 N–H and O–H groups in total. The number of hydrogen-bond acceptors (Lipinski definition) is 5. The maximum absolute atomic E-state index is 12.9. The molecule has 3 aliphatic rings. The average Bonchev–Trinajstić information content (AvgIpc) is 2.74. The van der Waals surface area contributed by atoms with Crippen molar-refractivity contribution in [2.45, 2.75) is 51.6 Å². The summed E-state index contributed by atoms with van der Waals surface area (Å²) in [5.74, 6) is 0.916. The number of anilines is 1. The number of rotatable bonds is 5. The van der Waals surface area contributed by atoms with Gasteiger partial charge in [-0.3, -0.25) is 9.69 Å². The van der Waals surface area contributed by atoms with Gasteiger partial charge in [0, 0.05) is 42.3 Å². The number of pyridine rings is 1. The predicted octanol–water partition coefficient (Wildman–Crippen LogP) is 4.03. The van der Waals surface area contributed by atoms with Crippen molar-refractivity contribution in [2.24, 2.45) is 11.3 Å². The number of hydrogen-bond donors (Lipinski definition) is 2. The van der Waals surface area contributed by atoms with Crippen molar-refractivity contribution < 1.29 is 9.53 Å². The Balaban J connectivity index is 1.26. The molecule has 5 rings (SSSR count). The van der Waals surface area contributed by atoms with Crippen molar-refractivity contribution in [3.8, 4) is 11.1 Å². The SMILES string of the molecule is C[C@H](c1ccc(-c2cnc(N)c(C(=O)N[C@H]3CC[C@@H](C)CC3)c2)cc1)N1CC2(COC2)C1. The van der Waals surface area contributed by atoms with Crippen molar-refractivity contribution in [2.75, 3.05) is 32.0 Å². The van der Waals surface area contributed by atoms with Crippen molar-refractivity contribution in [1.29, 1.82) is 0 Å². The van der Waals surface area contributed by atoms with E-state index in [0.29, 0.717) is 17.0 Å². The Morgan fingerprint density at radius 1 is 1.16 bits per heavy atom. The van der Waals surface area contributed by atoms with Crippen LogP contribution in [-0.4, -0.2) is 48.1 Å². The van der Waals surface area contributed by atoms with Gasteiger partial charge in [0.2, 0.25) is 0 Å². The summed E-state index contributed by atoms with van der Waals surface area (Å²) >= 11 is 0. The maximum atomic E-state index is 12.9. The average molecular weight is 435 g/mol. The summed E-state index contributed by atoms with van der Waals surface area (Å²) < 4.78 is 5.39. The smallest absolute Gasteiger partial charge is 0.255 e. The molecule has 1 amide bonds. The van der Waals surface area contributed by atoms with Crippen molar-refractivity contribution >= 4 is 11.7 Å². The Labute approximate surface area is 190 Å². The second-order valence-corrected chi connectivity index (χ2v) is 10.3. The van der Waals surface area contributed by atoms with Crippen molar-refractivity contribution in [3.63, 3.8) is 0 Å². The molecule has 3 fully saturated rings. The number of carbonyl (C=O) groups is 1. The summed E-state index contributed by atoms with van der Waals surface area (Å²) in [5, 5.41) is 3.17. The zero-order chi connectivity index (χ0) is 22.3. The Kier molecular flexibility index (Phi) is 5.68. The number of benzene rings is 1. The van der Waals surface area contributed by atoms with Gasteiger partial charge in [0.15, 0.2) is 0 Å². The van der Waals surface area contributed by atoms with Gasteiger partial charge in [-0.15, -0.1) is 0 Å². The molecule has 6 heteroatoms. The molecule has 0 unspecified atom stereocenters. The molecular formula is C26H34N4O2. The van der Waals surface area contributed by atoms with E-state index in [1.807, 2.05) is 6.07 Å². The molecule has 1 aromatic heterocycles. The standard InChI is InChI=1S/C26H34N4O2/c1-17-3-9-22(10-4-17)29-25(31)23-11-21(12-28-24(23)27)20-7-5-19(6-8-20)18(2)30-13-26(14-30)15-32-16-26/h5-8,11-12,17-18,22H,3-4,9-10,13-16H2,1-2H3,(H2,27,28)(H,29,31)/t17-,18-,22+/m1/s1. The van der Waals surface area contributed by atoms with Crippen molar-refractivity contribution in [3.05, 3.63) is 47.7 Å². The molecule has 32 heavy (non-hydrogen) atoms. The summed E-state index contributed by atoms with van der Waals surface area (Å²) in [4.78, 5) is 19.7. The third-order valence-electron chi connectivity index (χ3n) is 7.68. The van der Waals surface area contributed by atoms with Crippen molar-refractivity contribution in [1.82, 2.24) is 15.2 Å². The largest absolute Gasteiger partial charge is 0.383 e. The summed E-state index contributed by atoms with van der Waals surface area (Å²) in [7, 11) is 0. The van der Waals surface area contributed by atoms with Crippen LogP contribution in [-0.2, 0) is 4.74 Å². The van der Waals surface area contributed by atoms with E-state index in [9.17, 15) is 4.79 Å². The Hall–Kier alpha value is -2.44. The topological polar surface area (TPSA) is 80.5 Å². The first kappa shape index (κ1) is 21.4. The molecule has 170 valence electrons. The van der Waals surface area contributed by atoms with E-state index in [1.165, 1.54) is 5.56 Å². The summed E-state index contributed by atoms with van der Waals surface area (Å²) in [6.45, 7) is 8.61. The van der Waals surface area contributed by atoms with E-state index < -0.39 is 0 Å². The fourth-order valence-electron chi connectivity index (χ4n) is 5.31. The highest BCUT2D eigenvalue weighted by atomic mass is 16.5. The van der Waals surface area contributed by atoms with Crippen LogP contribution in [0.15, 0.2) is 36.5 Å². The van der Waals surface area contributed by atoms with Gasteiger partial charge in [-0.2, -0.15) is 0 Å². The first-order chi connectivity index (χ1) is 15.4. The van der Waals surface area contributed by atoms with Crippen LogP contribution in [0.5, 0.6) is 0 Å². The minimum absolute atomic E-state index is 0.117. The van der Waals surface area contributed by atoms with E-state index in [0.717, 1.165) is 69.0 Å². The molecule has 0 bridgehead atoms. The molecule has 1 atom stereocenters. The number of nitrogens with zero attached hydrogens (tertiary/aromatic N) is 2. The normalized spacial score (nSPS) is 25.6. The number of amides is 1. The molecule has 1 saturated carbocycles. The molecule has 3 heterocycles. The third-order valence-corrected chi connectivity index (χ3v) is 7.68. The second kappa shape index (κ2) is 8.49. The minimum Gasteiger partial charge on any atom is -0.383 e. The minimum atomic E-state index is -0.117. The summed E-state index contributed by atoms with van der Waals surface area (Å²) in [5.41, 5.74) is 10.2. The van der Waals surface area contributed by atoms with Crippen LogP contribution in [0.25, 0.3) is 11.1 Å². The molecule has 2 aliphatic heterocycles. The fraction of sp³-hybridized carbons (Fsp3) is 0.538. The maximum Gasteiger partial charge on any atom is 0.255 e. The highest BCUT2D eigenvalue weighted by molar-refractivity contribution is 5.99. The number of aromatic nitrogens is 1. The number of nitrogen functional groups attached to an aromatic ring is 1. The third kappa shape index (κ3) is 4.14. The summed E-state index contributed by atoms with van der Waals surface area (Å²) in [6, 6.07) is 11.1. The van der Waals surface area contributed by atoms with Gasteiger partial charge >= 0.3 is 0 Å². The molecule has 1 aromatic carbocycles. The number of nitrogens with one attached hydrogen (secondary N) is 1. The second-order valence-electron chi connectivity index (χ2n) is 10.3. The zero-order valence-electron chi connectivity index (χ0n) is 19.1. The first-order valence-corrected chi connectivity index (χ1v) is 11.9. The summed E-state index contributed by atoms with van der Waals surface area (Å²) in [6.07, 6.45) is 6.14. The lowest BCUT2D eigenvalue weighted by Gasteiger charge is -2.57. The van der Waals surface area contributed by atoms with Crippen LogP contribution in [0, 0.1) is 11.3 Å². The van der Waals surface area contributed by atoms with E-state index in [4.69, 9.17) is 10.5 Å². The highest BCUT2D eigenvalue weighted by Crippen LogP contribution is 2.42. The van der Waals surface area contributed by atoms with Gasteiger partial charge in [-0.1, -0.05) is 31.2 Å². The fourth-order valence-corrected chi connectivity index (χ4v) is 5.31. The zero-order valence-corrected chi connectivity index (χ0v) is 19.1. The predicted molar refractivity (Wildman–Crippen MR) is 126 cm³/mol. The van der Waals surface area contributed by atoms with E-state index >= 15 is 0 Å². The first-order valence-electron chi connectivity index (χ1n) is 11.9. The van der Waals surface area contributed by atoms with Crippen LogP contribution < -0.4 is 11.1 Å². The molecule has 2 aromatic rings. The van der Waals surface area contributed by atoms with Gasteiger partial charge < -0.3 is 15.8 Å². The molecule has 2 saturated heterocycles. The molecular weight excluding hydrogens is 400 g/mol. The van der Waals surface area contributed by atoms with Gasteiger partial charge in [0.25, 0.3) is 5.91 Å². The molecule has 1 spiro atoms. The quantitative estimate of drug-likeness (QED) is 0.743. The molecule has 1 aliphatic carbocycles. The lowest BCUT2D eigenvalue weighted by Crippen LogP contribution is -2.66. The number of likely N-dealkylation sites (tertiary alicyclic amines) is 1. The lowest BCUT2D eigenvalue weighted by molar-refractivity contribution is -0.197. The van der Waals surface area contributed by atoms with E-state index in [1.54, 1.807) is 6.20 Å². The van der Waals surface area contributed by atoms with Gasteiger partial charge in [0.05, 0.1) is 18.8 Å². The number of ether oxygens (including phenoxy) is 1. The van der Waals surface area contributed by atoms with Crippen LogP contribution >= 0.6 is 0 Å². The van der Waals surface area contributed by atoms with Crippen LogP contribution in [0.1, 0.15) is 61.5 Å². The monoisotopic (exact) mass is 434 g/mol. The van der Waals surface area contributed by atoms with Gasteiger partial charge in [0.1, 0.15) is 5.82 Å². The highest BCUT2D eigenvalue weighted by Gasteiger charge is 2.50. The van der Waals surface area contributed by atoms with Crippen LogP contribution in [0.4, 0.5) is 5.82 Å². The Morgan fingerprint density at radius 3 is 2.47 bits per heavy atom. The number of nitrogens with two attached hydrogens (primary N) is 1. The number of carbonyl (C=O) groups excluding carboxylic acids is 1. The molecule has 6 nitrogen and oxygen atoms in total.